The molecule has 0 radical (unpaired) electrons. The van der Waals surface area contributed by atoms with Gasteiger partial charge in [0.2, 0.25) is 0 Å². The molecule has 0 fully saturated rings. The number of halogens is 4. The number of hydrogen-bond acceptors (Lipinski definition) is 5. The third kappa shape index (κ3) is 5.87. The molecule has 0 aliphatic heterocycles. The predicted molar refractivity (Wildman–Crippen MR) is 130 cm³/mol. The van der Waals surface area contributed by atoms with E-state index in [0.29, 0.717) is 5.56 Å². The Kier molecular flexibility index (Phi) is 8.74. The third-order valence-electron chi connectivity index (χ3n) is 5.05. The number of hydrogen-bond donors (Lipinski definition) is 2. The quantitative estimate of drug-likeness (QED) is 0.347. The van der Waals surface area contributed by atoms with Crippen molar-refractivity contribution in [2.24, 2.45) is 0 Å². The maximum absolute atomic E-state index is 14.4. The van der Waals surface area contributed by atoms with Gasteiger partial charge in [-0.3, -0.25) is 9.59 Å². The van der Waals surface area contributed by atoms with Gasteiger partial charge in [-0.1, -0.05) is 24.3 Å². The van der Waals surface area contributed by atoms with Gasteiger partial charge in [0.05, 0.1) is 11.6 Å². The Labute approximate surface area is 210 Å². The van der Waals surface area contributed by atoms with Gasteiger partial charge >= 0.3 is 0 Å². The molecule has 12 heteroatoms. The number of carbonyl (C=O) groups excluding carboxylic acids is 2. The fraction of sp³-hybridized carbons (Fsp3) is 0.125. The van der Waals surface area contributed by atoms with Crippen LogP contribution >= 0.6 is 12.4 Å². The van der Waals surface area contributed by atoms with E-state index in [0.717, 1.165) is 6.07 Å². The van der Waals surface area contributed by atoms with E-state index in [1.54, 1.807) is 36.4 Å². The Balaban J connectivity index is 0.00000361. The van der Waals surface area contributed by atoms with Crippen LogP contribution in [0.5, 0.6) is 0 Å². The number of anilines is 2. The Bertz CT molecular complexity index is 1350. The molecule has 0 aliphatic carbocycles. The minimum Gasteiger partial charge on any atom is -0.322 e. The van der Waals surface area contributed by atoms with Crippen molar-refractivity contribution in [1.82, 2.24) is 19.7 Å². The van der Waals surface area contributed by atoms with E-state index in [1.807, 2.05) is 0 Å². The topological polar surface area (TPSA) is 102 Å². The van der Waals surface area contributed by atoms with Crippen LogP contribution in [0.2, 0.25) is 0 Å². The summed E-state index contributed by atoms with van der Waals surface area (Å²) in [6.07, 6.45) is 1.19. The van der Waals surface area contributed by atoms with Gasteiger partial charge in [-0.25, -0.2) is 18.2 Å². The molecule has 186 valence electrons. The zero-order valence-corrected chi connectivity index (χ0v) is 19.4. The highest BCUT2D eigenvalue weighted by Crippen LogP contribution is 2.22. The summed E-state index contributed by atoms with van der Waals surface area (Å²) in [5.41, 5.74) is 0.515. The maximum atomic E-state index is 14.4. The molecule has 36 heavy (non-hydrogen) atoms. The van der Waals surface area contributed by atoms with E-state index < -0.39 is 37.0 Å². The first-order valence-electron chi connectivity index (χ1n) is 10.5. The lowest BCUT2D eigenvalue weighted by molar-refractivity contribution is 0.101. The summed E-state index contributed by atoms with van der Waals surface area (Å²) in [7, 11) is 0. The molecule has 2 aromatic carbocycles. The molecular formula is C24H20ClF3N6O2. The first-order valence-corrected chi connectivity index (χ1v) is 10.5. The van der Waals surface area contributed by atoms with Crippen LogP contribution in [0.4, 0.5) is 24.7 Å². The summed E-state index contributed by atoms with van der Waals surface area (Å²) in [6.45, 7) is -1.93. The molecular weight excluding hydrogens is 497 g/mol. The lowest BCUT2D eigenvalue weighted by Gasteiger charge is -2.13. The molecule has 2 heterocycles. The Morgan fingerprint density at radius 3 is 2.39 bits per heavy atom. The maximum Gasteiger partial charge on any atom is 0.259 e. The highest BCUT2D eigenvalue weighted by molar-refractivity contribution is 6.07. The first kappa shape index (κ1) is 26.4. The summed E-state index contributed by atoms with van der Waals surface area (Å²) in [4.78, 5) is 29.4. The van der Waals surface area contributed by atoms with Crippen molar-refractivity contribution in [2.75, 3.05) is 24.0 Å². The molecule has 0 aliphatic rings. The standard InChI is InChI=1S/C24H19F3N6O2.ClH/c25-12-17(13-26)33-14-28-32-22(33)20-7-4-8-21(30-20)31-24(35)18-11-16(9-10-19(18)27)29-23(34)15-5-2-1-3-6-15;/h1-11,14,17H,12-13H2,(H,29,34)(H,30,31,35);1H. The SMILES string of the molecule is Cl.O=C(Nc1ccc(F)c(C(=O)Nc2cccc(-c3nncn3C(CF)CF)n2)c1)c1ccccc1. The van der Waals surface area contributed by atoms with E-state index in [2.05, 4.69) is 25.8 Å². The number of benzene rings is 2. The largest absolute Gasteiger partial charge is 0.322 e. The van der Waals surface area contributed by atoms with Crippen LogP contribution in [-0.4, -0.2) is 44.9 Å². The van der Waals surface area contributed by atoms with Crippen LogP contribution in [0, 0.1) is 5.82 Å². The molecule has 2 N–H and O–H groups in total. The second kappa shape index (κ2) is 11.9. The zero-order valence-electron chi connectivity index (χ0n) is 18.6. The van der Waals surface area contributed by atoms with Gasteiger partial charge in [0.1, 0.15) is 37.0 Å². The third-order valence-corrected chi connectivity index (χ3v) is 5.05. The van der Waals surface area contributed by atoms with Gasteiger partial charge in [0.25, 0.3) is 11.8 Å². The molecule has 0 saturated heterocycles. The van der Waals surface area contributed by atoms with Gasteiger partial charge in [0.15, 0.2) is 5.82 Å². The van der Waals surface area contributed by atoms with Crippen molar-refractivity contribution in [3.63, 3.8) is 0 Å². The average molecular weight is 517 g/mol. The molecule has 0 atom stereocenters. The minimum absolute atomic E-state index is 0. The van der Waals surface area contributed by atoms with Crippen LogP contribution in [0.25, 0.3) is 11.5 Å². The van der Waals surface area contributed by atoms with Crippen LogP contribution < -0.4 is 10.6 Å². The lowest BCUT2D eigenvalue weighted by atomic mass is 10.1. The van der Waals surface area contributed by atoms with E-state index >= 15 is 0 Å². The molecule has 2 aromatic heterocycles. The van der Waals surface area contributed by atoms with Crippen molar-refractivity contribution < 1.29 is 22.8 Å². The summed E-state index contributed by atoms with van der Waals surface area (Å²) in [5, 5.41) is 12.7. The van der Waals surface area contributed by atoms with Gasteiger partial charge < -0.3 is 15.2 Å². The summed E-state index contributed by atoms with van der Waals surface area (Å²) in [6, 6.07) is 15.5. The highest BCUT2D eigenvalue weighted by Gasteiger charge is 2.19. The van der Waals surface area contributed by atoms with E-state index in [-0.39, 0.29) is 41.0 Å². The van der Waals surface area contributed by atoms with E-state index in [4.69, 9.17) is 0 Å². The van der Waals surface area contributed by atoms with Gasteiger partial charge in [0, 0.05) is 11.3 Å². The predicted octanol–water partition coefficient (Wildman–Crippen LogP) is 4.89. The van der Waals surface area contributed by atoms with Crippen LogP contribution in [0.15, 0.2) is 73.1 Å². The van der Waals surface area contributed by atoms with Crippen LogP contribution in [0.3, 0.4) is 0 Å². The fourth-order valence-corrected chi connectivity index (χ4v) is 3.27. The molecule has 4 aromatic rings. The Morgan fingerprint density at radius 1 is 0.917 bits per heavy atom. The number of nitrogens with zero attached hydrogens (tertiary/aromatic N) is 4. The summed E-state index contributed by atoms with van der Waals surface area (Å²) >= 11 is 0. The van der Waals surface area contributed by atoms with Crippen LogP contribution in [-0.2, 0) is 0 Å². The highest BCUT2D eigenvalue weighted by atomic mass is 35.5. The van der Waals surface area contributed by atoms with Crippen molar-refractivity contribution in [1.29, 1.82) is 0 Å². The monoisotopic (exact) mass is 516 g/mol. The molecule has 0 bridgehead atoms. The first-order chi connectivity index (χ1) is 17.0. The number of carbonyl (C=O) groups is 2. The number of pyridine rings is 1. The number of nitrogens with one attached hydrogen (secondary N) is 2. The molecule has 8 nitrogen and oxygen atoms in total. The second-order valence-corrected chi connectivity index (χ2v) is 7.40. The van der Waals surface area contributed by atoms with E-state index in [9.17, 15) is 22.8 Å². The van der Waals surface area contributed by atoms with Crippen molar-refractivity contribution in [2.45, 2.75) is 6.04 Å². The van der Waals surface area contributed by atoms with E-state index in [1.165, 1.54) is 35.2 Å². The number of amides is 2. The fourth-order valence-electron chi connectivity index (χ4n) is 3.27. The van der Waals surface area contributed by atoms with Crippen LogP contribution in [0.1, 0.15) is 26.8 Å². The number of alkyl halides is 2. The lowest BCUT2D eigenvalue weighted by Crippen LogP contribution is -2.17. The van der Waals surface area contributed by atoms with Crippen molar-refractivity contribution in [3.05, 3.63) is 90.0 Å². The summed E-state index contributed by atoms with van der Waals surface area (Å²) in [5.74, 6) is -1.86. The minimum atomic E-state index is -1.11. The molecule has 4 rings (SSSR count). The number of aromatic nitrogens is 4. The molecule has 0 unspecified atom stereocenters. The van der Waals surface area contributed by atoms with Gasteiger partial charge in [-0.15, -0.1) is 22.6 Å². The molecule has 2 amide bonds. The Morgan fingerprint density at radius 2 is 1.67 bits per heavy atom. The van der Waals surface area contributed by atoms with Gasteiger partial charge in [-0.05, 0) is 42.5 Å². The zero-order chi connectivity index (χ0) is 24.8. The van der Waals surface area contributed by atoms with Gasteiger partial charge in [-0.2, -0.15) is 0 Å². The normalized spacial score (nSPS) is 10.6. The Hall–Kier alpha value is -4.25. The second-order valence-electron chi connectivity index (χ2n) is 7.40. The van der Waals surface area contributed by atoms with Crippen molar-refractivity contribution in [3.8, 4) is 11.5 Å². The smallest absolute Gasteiger partial charge is 0.259 e. The molecule has 0 spiro atoms. The average Bonchev–Trinajstić information content (AvgIpc) is 3.36. The summed E-state index contributed by atoms with van der Waals surface area (Å²) < 4.78 is 41.9. The van der Waals surface area contributed by atoms with Crippen molar-refractivity contribution >= 4 is 35.7 Å². The number of rotatable bonds is 8. The molecule has 0 saturated carbocycles.